The molecule has 0 bridgehead atoms. The lowest BCUT2D eigenvalue weighted by Crippen LogP contribution is -2.06. The molecule has 0 saturated carbocycles. The van der Waals surface area contributed by atoms with Crippen molar-refractivity contribution < 1.29 is 4.74 Å². The number of methoxy groups -OCH3 is 1. The smallest absolute Gasteiger partial charge is 0.119 e. The molecule has 86 valence electrons. The first-order chi connectivity index (χ1) is 7.60. The maximum absolute atomic E-state index is 5.21. The Labute approximate surface area is 98.8 Å². The Morgan fingerprint density at radius 2 is 1.94 bits per heavy atom. The second-order valence-corrected chi connectivity index (χ2v) is 4.19. The van der Waals surface area contributed by atoms with Crippen LogP contribution in [0.3, 0.4) is 0 Å². The maximum atomic E-state index is 5.21. The minimum atomic E-state index is 0.386. The summed E-state index contributed by atoms with van der Waals surface area (Å²) in [5.74, 6) is 7.97. The zero-order valence-corrected chi connectivity index (χ0v) is 10.8. The van der Waals surface area contributed by atoms with Crippen LogP contribution >= 0.6 is 0 Å². The first-order valence-electron chi connectivity index (χ1n) is 5.67. The first-order valence-corrected chi connectivity index (χ1v) is 5.67. The number of ether oxygens (including phenoxy) is 1. The van der Waals surface area contributed by atoms with E-state index in [1.807, 2.05) is 13.0 Å². The van der Waals surface area contributed by atoms with Crippen LogP contribution < -0.4 is 4.74 Å². The highest BCUT2D eigenvalue weighted by molar-refractivity contribution is 5.37. The van der Waals surface area contributed by atoms with E-state index >= 15 is 0 Å². The zero-order valence-electron chi connectivity index (χ0n) is 10.8. The van der Waals surface area contributed by atoms with Crippen LogP contribution in [-0.4, -0.2) is 7.11 Å². The van der Waals surface area contributed by atoms with Crippen molar-refractivity contribution in [3.63, 3.8) is 0 Å². The summed E-state index contributed by atoms with van der Waals surface area (Å²) in [6.07, 6.45) is 0. The summed E-state index contributed by atoms with van der Waals surface area (Å²) in [7, 11) is 1.70. The van der Waals surface area contributed by atoms with E-state index in [0.29, 0.717) is 11.8 Å². The molecule has 16 heavy (non-hydrogen) atoms. The number of rotatable bonds is 3. The molecule has 1 aromatic rings. The van der Waals surface area contributed by atoms with Gasteiger partial charge >= 0.3 is 0 Å². The van der Waals surface area contributed by atoms with E-state index in [0.717, 1.165) is 5.75 Å². The first kappa shape index (κ1) is 12.6. The van der Waals surface area contributed by atoms with Crippen LogP contribution in [0.2, 0.25) is 0 Å². The average Bonchev–Trinajstić information content (AvgIpc) is 2.28. The molecule has 0 aromatic heterocycles. The van der Waals surface area contributed by atoms with Gasteiger partial charge in [-0.1, -0.05) is 25.8 Å². The normalized spacial score (nSPS) is 13.6. The molecule has 0 heterocycles. The Morgan fingerprint density at radius 3 is 2.44 bits per heavy atom. The third-order valence-electron chi connectivity index (χ3n) is 3.09. The van der Waals surface area contributed by atoms with Gasteiger partial charge in [0.15, 0.2) is 0 Å². The molecule has 2 unspecified atom stereocenters. The Bertz CT molecular complexity index is 409. The topological polar surface area (TPSA) is 9.23 Å². The molecule has 1 heteroatoms. The third kappa shape index (κ3) is 2.79. The summed E-state index contributed by atoms with van der Waals surface area (Å²) in [6, 6.07) is 6.25. The molecule has 1 rings (SSSR count). The van der Waals surface area contributed by atoms with Gasteiger partial charge < -0.3 is 4.74 Å². The van der Waals surface area contributed by atoms with Gasteiger partial charge in [-0.2, -0.15) is 0 Å². The fraction of sp³-hybridized carbons (Fsp3) is 0.467. The molecule has 1 aromatic carbocycles. The molecule has 2 atom stereocenters. The second kappa shape index (κ2) is 5.61. The van der Waals surface area contributed by atoms with Crippen molar-refractivity contribution in [2.45, 2.75) is 33.6 Å². The predicted octanol–water partition coefficient (Wildman–Crippen LogP) is 3.77. The van der Waals surface area contributed by atoms with Crippen LogP contribution in [0.1, 0.15) is 37.8 Å². The van der Waals surface area contributed by atoms with Crippen LogP contribution in [0.15, 0.2) is 18.2 Å². The van der Waals surface area contributed by atoms with Gasteiger partial charge in [0.2, 0.25) is 0 Å². The quantitative estimate of drug-likeness (QED) is 0.699. The molecule has 0 amide bonds. The van der Waals surface area contributed by atoms with Crippen molar-refractivity contribution in [1.29, 1.82) is 0 Å². The van der Waals surface area contributed by atoms with E-state index in [-0.39, 0.29) is 0 Å². The highest BCUT2D eigenvalue weighted by atomic mass is 16.5. The summed E-state index contributed by atoms with van der Waals surface area (Å²) in [4.78, 5) is 0. The fourth-order valence-corrected chi connectivity index (χ4v) is 1.91. The fourth-order valence-electron chi connectivity index (χ4n) is 1.91. The molecule has 0 spiro atoms. The van der Waals surface area contributed by atoms with Gasteiger partial charge in [0.05, 0.1) is 7.11 Å². The summed E-state index contributed by atoms with van der Waals surface area (Å²) >= 11 is 0. The van der Waals surface area contributed by atoms with Crippen LogP contribution in [0.5, 0.6) is 5.75 Å². The van der Waals surface area contributed by atoms with Crippen molar-refractivity contribution in [2.75, 3.05) is 7.11 Å². The zero-order chi connectivity index (χ0) is 12.1. The van der Waals surface area contributed by atoms with Crippen LogP contribution in [0, 0.1) is 24.7 Å². The Balaban J connectivity index is 2.98. The molecule has 0 aliphatic rings. The lowest BCUT2D eigenvalue weighted by atomic mass is 9.87. The molecule has 0 saturated heterocycles. The summed E-state index contributed by atoms with van der Waals surface area (Å²) in [5, 5.41) is 0. The van der Waals surface area contributed by atoms with Gasteiger partial charge in [-0.25, -0.2) is 0 Å². The molecular formula is C15H20O. The second-order valence-electron chi connectivity index (χ2n) is 4.19. The highest BCUT2D eigenvalue weighted by Gasteiger charge is 2.14. The van der Waals surface area contributed by atoms with Gasteiger partial charge in [-0.15, -0.1) is 5.92 Å². The highest BCUT2D eigenvalue weighted by Crippen LogP contribution is 2.28. The van der Waals surface area contributed by atoms with Crippen molar-refractivity contribution in [3.05, 3.63) is 29.3 Å². The van der Waals surface area contributed by atoms with Gasteiger partial charge in [0.1, 0.15) is 5.75 Å². The predicted molar refractivity (Wildman–Crippen MR) is 68.8 cm³/mol. The van der Waals surface area contributed by atoms with E-state index in [2.05, 4.69) is 44.7 Å². The largest absolute Gasteiger partial charge is 0.497 e. The van der Waals surface area contributed by atoms with Gasteiger partial charge in [-0.05, 0) is 43.0 Å². The Hall–Kier alpha value is -1.42. The molecule has 0 N–H and O–H groups in total. The molecular weight excluding hydrogens is 196 g/mol. The van der Waals surface area contributed by atoms with E-state index in [9.17, 15) is 0 Å². The monoisotopic (exact) mass is 216 g/mol. The van der Waals surface area contributed by atoms with Crippen molar-refractivity contribution in [3.8, 4) is 17.6 Å². The SMILES string of the molecule is CC#CC(C)C(C)c1ccc(OC)cc1C. The Kier molecular flexibility index (Phi) is 4.43. The summed E-state index contributed by atoms with van der Waals surface area (Å²) in [6.45, 7) is 8.42. The minimum Gasteiger partial charge on any atom is -0.497 e. The van der Waals surface area contributed by atoms with E-state index in [1.54, 1.807) is 7.11 Å². The number of hydrogen-bond donors (Lipinski definition) is 0. The molecule has 0 aliphatic heterocycles. The van der Waals surface area contributed by atoms with Crippen LogP contribution in [0.4, 0.5) is 0 Å². The van der Waals surface area contributed by atoms with Crippen molar-refractivity contribution in [2.24, 2.45) is 5.92 Å². The standard InChI is InChI=1S/C15H20O/c1-6-7-11(2)13(4)15-9-8-14(16-5)10-12(15)3/h8-11,13H,1-5H3. The van der Waals surface area contributed by atoms with Crippen LogP contribution in [0.25, 0.3) is 0 Å². The number of aryl methyl sites for hydroxylation is 1. The summed E-state index contributed by atoms with van der Waals surface area (Å²) in [5.41, 5.74) is 2.63. The van der Waals surface area contributed by atoms with E-state index in [4.69, 9.17) is 4.74 Å². The molecule has 0 fully saturated rings. The lowest BCUT2D eigenvalue weighted by molar-refractivity contribution is 0.414. The van der Waals surface area contributed by atoms with Gasteiger partial charge in [0.25, 0.3) is 0 Å². The van der Waals surface area contributed by atoms with Crippen LogP contribution in [-0.2, 0) is 0 Å². The molecule has 1 nitrogen and oxygen atoms in total. The summed E-state index contributed by atoms with van der Waals surface area (Å²) < 4.78 is 5.21. The van der Waals surface area contributed by atoms with Gasteiger partial charge in [-0.3, -0.25) is 0 Å². The third-order valence-corrected chi connectivity index (χ3v) is 3.09. The average molecular weight is 216 g/mol. The number of benzene rings is 1. The minimum absolute atomic E-state index is 0.386. The molecule has 0 aliphatic carbocycles. The van der Waals surface area contributed by atoms with E-state index < -0.39 is 0 Å². The Morgan fingerprint density at radius 1 is 1.25 bits per heavy atom. The van der Waals surface area contributed by atoms with E-state index in [1.165, 1.54) is 11.1 Å². The van der Waals surface area contributed by atoms with Crippen molar-refractivity contribution in [1.82, 2.24) is 0 Å². The number of hydrogen-bond acceptors (Lipinski definition) is 1. The lowest BCUT2D eigenvalue weighted by Gasteiger charge is -2.18. The van der Waals surface area contributed by atoms with Gasteiger partial charge in [0, 0.05) is 5.92 Å². The molecule has 0 radical (unpaired) electrons. The maximum Gasteiger partial charge on any atom is 0.119 e. The van der Waals surface area contributed by atoms with Crippen molar-refractivity contribution >= 4 is 0 Å².